The molecule has 2 rings (SSSR count). The highest BCUT2D eigenvalue weighted by Gasteiger charge is 2.22. The molecular formula is C17H26N2O. The fourth-order valence-electron chi connectivity index (χ4n) is 2.72. The van der Waals surface area contributed by atoms with Gasteiger partial charge in [-0.15, -0.1) is 0 Å². The Kier molecular flexibility index (Phi) is 6.06. The van der Waals surface area contributed by atoms with Gasteiger partial charge < -0.3 is 10.2 Å². The molecule has 1 heterocycles. The van der Waals surface area contributed by atoms with E-state index in [9.17, 15) is 4.79 Å². The normalized spacial score (nSPS) is 16.4. The van der Waals surface area contributed by atoms with Crippen molar-refractivity contribution in [2.75, 3.05) is 19.6 Å². The first-order valence-electron chi connectivity index (χ1n) is 7.83. The standard InChI is InChI=1S/C17H26N2O/c1-15(17(20)19-13-7-8-14-19)18-12-6-5-11-16-9-3-2-4-10-16/h2-4,9-10,15,18H,5-8,11-14H2,1H3. The van der Waals surface area contributed by atoms with E-state index >= 15 is 0 Å². The lowest BCUT2D eigenvalue weighted by Crippen LogP contribution is -2.43. The van der Waals surface area contributed by atoms with Gasteiger partial charge in [-0.05, 0) is 51.1 Å². The van der Waals surface area contributed by atoms with Gasteiger partial charge in [0.05, 0.1) is 6.04 Å². The second-order valence-corrected chi connectivity index (χ2v) is 5.65. The molecule has 1 fully saturated rings. The van der Waals surface area contributed by atoms with Gasteiger partial charge in [0.15, 0.2) is 0 Å². The zero-order valence-electron chi connectivity index (χ0n) is 12.5. The molecule has 1 amide bonds. The van der Waals surface area contributed by atoms with Gasteiger partial charge in [-0.3, -0.25) is 4.79 Å². The third-order valence-corrected chi connectivity index (χ3v) is 3.97. The van der Waals surface area contributed by atoms with Crippen LogP contribution in [0.1, 0.15) is 38.2 Å². The third-order valence-electron chi connectivity index (χ3n) is 3.97. The molecule has 1 N–H and O–H groups in total. The number of nitrogens with one attached hydrogen (secondary N) is 1. The summed E-state index contributed by atoms with van der Waals surface area (Å²) < 4.78 is 0. The Hall–Kier alpha value is -1.35. The number of unbranched alkanes of at least 4 members (excludes halogenated alkanes) is 1. The number of hydrogen-bond donors (Lipinski definition) is 1. The van der Waals surface area contributed by atoms with Gasteiger partial charge in [0.1, 0.15) is 0 Å². The minimum atomic E-state index is -0.0372. The summed E-state index contributed by atoms with van der Waals surface area (Å²) in [6.07, 6.45) is 5.73. The lowest BCUT2D eigenvalue weighted by molar-refractivity contribution is -0.131. The molecule has 3 nitrogen and oxygen atoms in total. The Morgan fingerprint density at radius 1 is 1.20 bits per heavy atom. The fourth-order valence-corrected chi connectivity index (χ4v) is 2.72. The summed E-state index contributed by atoms with van der Waals surface area (Å²) in [4.78, 5) is 14.1. The fraction of sp³-hybridized carbons (Fsp3) is 0.588. The van der Waals surface area contributed by atoms with Crippen LogP contribution in [-0.4, -0.2) is 36.5 Å². The molecule has 1 aliphatic rings. The Balaban J connectivity index is 1.57. The summed E-state index contributed by atoms with van der Waals surface area (Å²) >= 11 is 0. The molecule has 20 heavy (non-hydrogen) atoms. The zero-order valence-corrected chi connectivity index (χ0v) is 12.5. The molecule has 3 heteroatoms. The van der Waals surface area contributed by atoms with Crippen LogP contribution < -0.4 is 5.32 Å². The molecule has 0 aliphatic carbocycles. The van der Waals surface area contributed by atoms with Crippen molar-refractivity contribution in [3.8, 4) is 0 Å². The topological polar surface area (TPSA) is 32.3 Å². The highest BCUT2D eigenvalue weighted by atomic mass is 16.2. The molecule has 0 aromatic heterocycles. The lowest BCUT2D eigenvalue weighted by Gasteiger charge is -2.21. The highest BCUT2D eigenvalue weighted by Crippen LogP contribution is 2.09. The first kappa shape index (κ1) is 15.0. The van der Waals surface area contributed by atoms with Crippen LogP contribution in [0.15, 0.2) is 30.3 Å². The van der Waals surface area contributed by atoms with Crippen molar-refractivity contribution in [1.29, 1.82) is 0 Å². The quantitative estimate of drug-likeness (QED) is 0.775. The second-order valence-electron chi connectivity index (χ2n) is 5.65. The highest BCUT2D eigenvalue weighted by molar-refractivity contribution is 5.81. The van der Waals surface area contributed by atoms with Crippen molar-refractivity contribution in [1.82, 2.24) is 10.2 Å². The number of hydrogen-bond acceptors (Lipinski definition) is 2. The van der Waals surface area contributed by atoms with E-state index in [4.69, 9.17) is 0 Å². The van der Waals surface area contributed by atoms with Crippen molar-refractivity contribution in [2.45, 2.75) is 45.1 Å². The van der Waals surface area contributed by atoms with Gasteiger partial charge in [0.2, 0.25) is 5.91 Å². The van der Waals surface area contributed by atoms with E-state index in [-0.39, 0.29) is 11.9 Å². The Morgan fingerprint density at radius 3 is 2.60 bits per heavy atom. The van der Waals surface area contributed by atoms with Gasteiger partial charge in [0.25, 0.3) is 0 Å². The van der Waals surface area contributed by atoms with Crippen LogP contribution in [0.25, 0.3) is 0 Å². The number of rotatable bonds is 7. The number of aryl methyl sites for hydroxylation is 1. The Bertz CT molecular complexity index is 399. The lowest BCUT2D eigenvalue weighted by atomic mass is 10.1. The molecule has 1 unspecified atom stereocenters. The van der Waals surface area contributed by atoms with Crippen LogP contribution in [0.3, 0.4) is 0 Å². The number of carbonyl (C=O) groups is 1. The van der Waals surface area contributed by atoms with Gasteiger partial charge in [0, 0.05) is 13.1 Å². The maximum absolute atomic E-state index is 12.1. The molecule has 0 bridgehead atoms. The van der Waals surface area contributed by atoms with Crippen LogP contribution in [0.2, 0.25) is 0 Å². The molecule has 0 spiro atoms. The summed E-state index contributed by atoms with van der Waals surface area (Å²) in [6, 6.07) is 10.5. The SMILES string of the molecule is CC(NCCCCc1ccccc1)C(=O)N1CCCC1. The average molecular weight is 274 g/mol. The van der Waals surface area contributed by atoms with Crippen LogP contribution in [-0.2, 0) is 11.2 Å². The molecular weight excluding hydrogens is 248 g/mol. The van der Waals surface area contributed by atoms with Crippen molar-refractivity contribution >= 4 is 5.91 Å². The Morgan fingerprint density at radius 2 is 1.90 bits per heavy atom. The maximum Gasteiger partial charge on any atom is 0.239 e. The first-order chi connectivity index (χ1) is 9.77. The van der Waals surface area contributed by atoms with E-state index in [2.05, 4.69) is 35.6 Å². The minimum absolute atomic E-state index is 0.0372. The van der Waals surface area contributed by atoms with Crippen LogP contribution in [0.4, 0.5) is 0 Å². The first-order valence-corrected chi connectivity index (χ1v) is 7.83. The average Bonchev–Trinajstić information content (AvgIpc) is 3.01. The molecule has 1 aliphatic heterocycles. The Labute approximate surface area is 122 Å². The summed E-state index contributed by atoms with van der Waals surface area (Å²) in [6.45, 7) is 4.79. The largest absolute Gasteiger partial charge is 0.341 e. The summed E-state index contributed by atoms with van der Waals surface area (Å²) in [7, 11) is 0. The molecule has 0 saturated carbocycles. The molecule has 1 aromatic rings. The van der Waals surface area contributed by atoms with Gasteiger partial charge in [-0.2, -0.15) is 0 Å². The predicted molar refractivity (Wildman–Crippen MR) is 82.7 cm³/mol. The van der Waals surface area contributed by atoms with E-state index in [1.54, 1.807) is 0 Å². The maximum atomic E-state index is 12.1. The number of benzene rings is 1. The van der Waals surface area contributed by atoms with Crippen LogP contribution in [0.5, 0.6) is 0 Å². The van der Waals surface area contributed by atoms with E-state index < -0.39 is 0 Å². The summed E-state index contributed by atoms with van der Waals surface area (Å²) in [5, 5.41) is 3.35. The molecule has 1 aromatic carbocycles. The van der Waals surface area contributed by atoms with E-state index in [0.717, 1.165) is 45.3 Å². The van der Waals surface area contributed by atoms with Crippen molar-refractivity contribution in [2.24, 2.45) is 0 Å². The van der Waals surface area contributed by atoms with E-state index in [1.165, 1.54) is 12.0 Å². The van der Waals surface area contributed by atoms with Crippen molar-refractivity contribution < 1.29 is 4.79 Å². The minimum Gasteiger partial charge on any atom is -0.341 e. The number of carbonyl (C=O) groups excluding carboxylic acids is 1. The van der Waals surface area contributed by atoms with Crippen LogP contribution in [0, 0.1) is 0 Å². The third kappa shape index (κ3) is 4.64. The molecule has 110 valence electrons. The van der Waals surface area contributed by atoms with Gasteiger partial charge in [-0.25, -0.2) is 0 Å². The number of amides is 1. The van der Waals surface area contributed by atoms with E-state index in [0.29, 0.717) is 0 Å². The van der Waals surface area contributed by atoms with Gasteiger partial charge >= 0.3 is 0 Å². The van der Waals surface area contributed by atoms with Crippen LogP contribution >= 0.6 is 0 Å². The molecule has 1 saturated heterocycles. The molecule has 1 atom stereocenters. The second kappa shape index (κ2) is 8.05. The number of likely N-dealkylation sites (tertiary alicyclic amines) is 1. The summed E-state index contributed by atoms with van der Waals surface area (Å²) in [5.41, 5.74) is 1.40. The van der Waals surface area contributed by atoms with E-state index in [1.807, 2.05) is 11.8 Å². The monoisotopic (exact) mass is 274 g/mol. The van der Waals surface area contributed by atoms with Crippen molar-refractivity contribution in [3.63, 3.8) is 0 Å². The van der Waals surface area contributed by atoms with Gasteiger partial charge in [-0.1, -0.05) is 30.3 Å². The van der Waals surface area contributed by atoms with Crippen molar-refractivity contribution in [3.05, 3.63) is 35.9 Å². The summed E-state index contributed by atoms with van der Waals surface area (Å²) in [5.74, 6) is 0.269. The molecule has 0 radical (unpaired) electrons. The zero-order chi connectivity index (χ0) is 14.2. The smallest absolute Gasteiger partial charge is 0.239 e. The predicted octanol–water partition coefficient (Wildman–Crippen LogP) is 2.61. The number of nitrogens with zero attached hydrogens (tertiary/aromatic N) is 1.